The average Bonchev–Trinajstić information content (AvgIpc) is 2.89. The molecule has 182 valence electrons. The van der Waals surface area contributed by atoms with Crippen LogP contribution in [-0.4, -0.2) is 21.8 Å². The zero-order chi connectivity index (χ0) is 25.6. The van der Waals surface area contributed by atoms with Crippen molar-refractivity contribution in [3.05, 3.63) is 83.2 Å². The number of nitrogens with zero attached hydrogens (tertiary/aromatic N) is 2. The number of pyridine rings is 2. The van der Waals surface area contributed by atoms with Gasteiger partial charge in [0, 0.05) is 24.0 Å². The first-order valence-electron chi connectivity index (χ1n) is 12.2. The lowest BCUT2D eigenvalue weighted by molar-refractivity contribution is -0.117. The van der Waals surface area contributed by atoms with E-state index in [1.807, 2.05) is 50.2 Å². The van der Waals surface area contributed by atoms with Gasteiger partial charge in [-0.3, -0.25) is 9.59 Å². The van der Waals surface area contributed by atoms with Crippen molar-refractivity contribution >= 4 is 23.5 Å². The van der Waals surface area contributed by atoms with Gasteiger partial charge >= 0.3 is 0 Å². The highest BCUT2D eigenvalue weighted by Crippen LogP contribution is 2.09. The number of rotatable bonds is 8. The van der Waals surface area contributed by atoms with Gasteiger partial charge in [-0.2, -0.15) is 0 Å². The van der Waals surface area contributed by atoms with E-state index >= 15 is 0 Å². The third kappa shape index (κ3) is 9.08. The fourth-order valence-electron chi connectivity index (χ4n) is 3.18. The smallest absolute Gasteiger partial charge is 0.225 e. The Morgan fingerprint density at radius 1 is 0.667 bits per heavy atom. The molecule has 2 amide bonds. The molecule has 0 aliphatic rings. The van der Waals surface area contributed by atoms with E-state index in [1.54, 1.807) is 24.3 Å². The van der Waals surface area contributed by atoms with Crippen LogP contribution in [-0.2, 0) is 9.59 Å². The molecule has 2 aromatic heterocycles. The summed E-state index contributed by atoms with van der Waals surface area (Å²) in [6.45, 7) is 4.10. The second-order valence-corrected chi connectivity index (χ2v) is 8.20. The molecule has 0 unspecified atom stereocenters. The van der Waals surface area contributed by atoms with Crippen LogP contribution in [0, 0.1) is 23.7 Å². The summed E-state index contributed by atoms with van der Waals surface area (Å²) in [5.74, 6) is 13.2. The van der Waals surface area contributed by atoms with Crippen LogP contribution < -0.4 is 10.6 Å². The summed E-state index contributed by atoms with van der Waals surface area (Å²) in [7, 11) is 0. The lowest BCUT2D eigenvalue weighted by atomic mass is 10.1. The van der Waals surface area contributed by atoms with Crippen LogP contribution in [0.1, 0.15) is 74.9 Å². The number of hydrogen-bond donors (Lipinski definition) is 2. The van der Waals surface area contributed by atoms with Gasteiger partial charge in [0.05, 0.1) is 0 Å². The van der Waals surface area contributed by atoms with Crippen LogP contribution in [0.15, 0.2) is 60.7 Å². The van der Waals surface area contributed by atoms with E-state index in [9.17, 15) is 9.59 Å². The van der Waals surface area contributed by atoms with Gasteiger partial charge in [-0.05, 0) is 67.1 Å². The second kappa shape index (κ2) is 14.1. The molecule has 0 saturated heterocycles. The molecule has 1 aromatic carbocycles. The molecule has 0 bridgehead atoms. The van der Waals surface area contributed by atoms with E-state index in [2.05, 4.69) is 44.3 Å². The molecule has 6 heteroatoms. The molecule has 3 rings (SSSR count). The molecule has 0 radical (unpaired) electrons. The number of aromatic nitrogens is 2. The Balaban J connectivity index is 1.67. The molecular formula is C30H30N4O2. The number of anilines is 2. The Hall–Kier alpha value is -4.42. The maximum Gasteiger partial charge on any atom is 0.225 e. The molecule has 6 nitrogen and oxygen atoms in total. The standard InChI is InChI=1S/C30H30N4O2/c1-3-5-16-29(35)33-27-14-8-12-25(31-27)20-18-23-10-7-11-24(22-23)19-21-26-13-9-15-28(32-26)34-30(36)17-6-4-2/h7-15,22H,3-6,16-17H2,1-2H3,(H,31,33,35)(H,32,34,36). The van der Waals surface area contributed by atoms with Crippen LogP contribution >= 0.6 is 0 Å². The highest BCUT2D eigenvalue weighted by Gasteiger charge is 2.04. The predicted octanol–water partition coefficient (Wildman–Crippen LogP) is 5.53. The maximum absolute atomic E-state index is 11.9. The SMILES string of the molecule is CCCCC(=O)Nc1cccc(C#Cc2cccc(C#Cc3cccc(NC(=O)CCCC)n3)c2)n1. The molecule has 3 aromatic rings. The first-order valence-corrected chi connectivity index (χ1v) is 12.2. The second-order valence-electron chi connectivity index (χ2n) is 8.20. The summed E-state index contributed by atoms with van der Waals surface area (Å²) in [6.07, 6.45) is 4.60. The highest BCUT2D eigenvalue weighted by atomic mass is 16.2. The topological polar surface area (TPSA) is 84.0 Å². The van der Waals surface area contributed by atoms with Gasteiger partial charge in [-0.1, -0.05) is 56.7 Å². The van der Waals surface area contributed by atoms with Crippen molar-refractivity contribution in [2.75, 3.05) is 10.6 Å². The average molecular weight is 479 g/mol. The predicted molar refractivity (Wildman–Crippen MR) is 143 cm³/mol. The fourth-order valence-corrected chi connectivity index (χ4v) is 3.18. The summed E-state index contributed by atoms with van der Waals surface area (Å²) in [5.41, 5.74) is 2.74. The van der Waals surface area contributed by atoms with E-state index < -0.39 is 0 Å². The number of unbranched alkanes of at least 4 members (excludes halogenated alkanes) is 2. The Morgan fingerprint density at radius 2 is 1.11 bits per heavy atom. The molecule has 0 atom stereocenters. The Morgan fingerprint density at radius 3 is 1.56 bits per heavy atom. The van der Waals surface area contributed by atoms with Gasteiger partial charge < -0.3 is 10.6 Å². The largest absolute Gasteiger partial charge is 0.311 e. The number of nitrogens with one attached hydrogen (secondary N) is 2. The first-order chi connectivity index (χ1) is 17.6. The summed E-state index contributed by atoms with van der Waals surface area (Å²) in [6, 6.07) is 18.4. The molecule has 36 heavy (non-hydrogen) atoms. The van der Waals surface area contributed by atoms with Gasteiger partial charge in [-0.15, -0.1) is 0 Å². The zero-order valence-electron chi connectivity index (χ0n) is 20.7. The monoisotopic (exact) mass is 478 g/mol. The van der Waals surface area contributed by atoms with Crippen LogP contribution in [0.3, 0.4) is 0 Å². The molecule has 0 spiro atoms. The Kier molecular flexibility index (Phi) is 10.2. The number of carbonyl (C=O) groups is 2. The number of amides is 2. The van der Waals surface area contributed by atoms with E-state index in [0.717, 1.165) is 36.8 Å². The number of benzene rings is 1. The van der Waals surface area contributed by atoms with Crippen molar-refractivity contribution in [1.82, 2.24) is 9.97 Å². The minimum Gasteiger partial charge on any atom is -0.311 e. The Labute approximate surface area is 213 Å². The van der Waals surface area contributed by atoms with Crippen molar-refractivity contribution in [1.29, 1.82) is 0 Å². The van der Waals surface area contributed by atoms with Gasteiger partial charge in [0.15, 0.2) is 0 Å². The van der Waals surface area contributed by atoms with E-state index in [1.165, 1.54) is 0 Å². The highest BCUT2D eigenvalue weighted by molar-refractivity contribution is 5.90. The molecular weight excluding hydrogens is 448 g/mol. The molecule has 0 fully saturated rings. The van der Waals surface area contributed by atoms with E-state index in [4.69, 9.17) is 0 Å². The minimum atomic E-state index is -0.0420. The normalized spacial score (nSPS) is 9.83. The molecule has 0 saturated carbocycles. The van der Waals surface area contributed by atoms with Crippen LogP contribution in [0.2, 0.25) is 0 Å². The van der Waals surface area contributed by atoms with Crippen LogP contribution in [0.4, 0.5) is 11.6 Å². The van der Waals surface area contributed by atoms with Crippen molar-refractivity contribution in [3.63, 3.8) is 0 Å². The summed E-state index contributed by atoms with van der Waals surface area (Å²) in [4.78, 5) is 32.7. The molecule has 2 heterocycles. The quantitative estimate of drug-likeness (QED) is 0.417. The third-order valence-electron chi connectivity index (χ3n) is 5.08. The van der Waals surface area contributed by atoms with Gasteiger partial charge in [0.25, 0.3) is 0 Å². The summed E-state index contributed by atoms with van der Waals surface area (Å²) >= 11 is 0. The van der Waals surface area contributed by atoms with E-state index in [-0.39, 0.29) is 11.8 Å². The van der Waals surface area contributed by atoms with Crippen molar-refractivity contribution in [2.24, 2.45) is 0 Å². The molecule has 0 aliphatic carbocycles. The first kappa shape index (κ1) is 26.2. The summed E-state index contributed by atoms with van der Waals surface area (Å²) < 4.78 is 0. The number of hydrogen-bond acceptors (Lipinski definition) is 4. The van der Waals surface area contributed by atoms with E-state index in [0.29, 0.717) is 35.9 Å². The minimum absolute atomic E-state index is 0.0420. The van der Waals surface area contributed by atoms with Gasteiger partial charge in [0.1, 0.15) is 23.0 Å². The lowest BCUT2D eigenvalue weighted by Gasteiger charge is -2.03. The van der Waals surface area contributed by atoms with Crippen molar-refractivity contribution < 1.29 is 9.59 Å². The van der Waals surface area contributed by atoms with Crippen LogP contribution in [0.5, 0.6) is 0 Å². The van der Waals surface area contributed by atoms with Crippen molar-refractivity contribution in [2.45, 2.75) is 52.4 Å². The van der Waals surface area contributed by atoms with Crippen LogP contribution in [0.25, 0.3) is 0 Å². The zero-order valence-corrected chi connectivity index (χ0v) is 20.7. The summed E-state index contributed by atoms with van der Waals surface area (Å²) in [5, 5.41) is 5.63. The number of carbonyl (C=O) groups excluding carboxylic acids is 2. The molecule has 0 aliphatic heterocycles. The van der Waals surface area contributed by atoms with Gasteiger partial charge in [-0.25, -0.2) is 9.97 Å². The lowest BCUT2D eigenvalue weighted by Crippen LogP contribution is -2.12. The molecule has 2 N–H and O–H groups in total. The third-order valence-corrected chi connectivity index (χ3v) is 5.08. The van der Waals surface area contributed by atoms with Gasteiger partial charge in [0.2, 0.25) is 11.8 Å². The van der Waals surface area contributed by atoms with Crippen molar-refractivity contribution in [3.8, 4) is 23.7 Å². The fraction of sp³-hybridized carbons (Fsp3) is 0.267. The maximum atomic E-state index is 11.9. The Bertz CT molecular complexity index is 1230.